The molecule has 3 aliphatic rings. The van der Waals surface area contributed by atoms with Gasteiger partial charge in [-0.3, -0.25) is 0 Å². The van der Waals surface area contributed by atoms with Crippen LogP contribution in [0, 0.1) is 11.2 Å². The van der Waals surface area contributed by atoms with Crippen LogP contribution in [0.4, 0.5) is 9.18 Å². The summed E-state index contributed by atoms with van der Waals surface area (Å²) < 4.78 is 18.9. The van der Waals surface area contributed by atoms with Crippen molar-refractivity contribution in [1.29, 1.82) is 0 Å². The van der Waals surface area contributed by atoms with Crippen molar-refractivity contribution >= 4 is 6.03 Å². The van der Waals surface area contributed by atoms with E-state index in [-0.39, 0.29) is 22.7 Å². The van der Waals surface area contributed by atoms with Gasteiger partial charge in [0.05, 0.1) is 6.61 Å². The number of carbonyl (C=O) groups is 1. The first-order chi connectivity index (χ1) is 11.1. The zero-order valence-corrected chi connectivity index (χ0v) is 13.3. The SMILES string of the molecule is O=C(NCC1(c2cccc(F)c2)CC1)N1CC[C@@]2(CCOC2)C1. The van der Waals surface area contributed by atoms with Gasteiger partial charge in [-0.15, -0.1) is 0 Å². The van der Waals surface area contributed by atoms with Crippen LogP contribution < -0.4 is 5.32 Å². The molecule has 23 heavy (non-hydrogen) atoms. The second-order valence-electron chi connectivity index (χ2n) is 7.42. The Balaban J connectivity index is 1.35. The molecule has 0 bridgehead atoms. The normalized spacial score (nSPS) is 28.3. The van der Waals surface area contributed by atoms with Crippen molar-refractivity contribution in [2.75, 3.05) is 32.8 Å². The van der Waals surface area contributed by atoms with Crippen LogP contribution in [0.3, 0.4) is 0 Å². The number of ether oxygens (including phenoxy) is 1. The van der Waals surface area contributed by atoms with Crippen LogP contribution in [0.15, 0.2) is 24.3 Å². The number of nitrogens with one attached hydrogen (secondary N) is 1. The maximum atomic E-state index is 13.4. The number of halogens is 1. The number of carbonyl (C=O) groups excluding carboxylic acids is 1. The summed E-state index contributed by atoms with van der Waals surface area (Å²) in [6.45, 7) is 3.80. The molecule has 124 valence electrons. The molecule has 3 fully saturated rings. The van der Waals surface area contributed by atoms with Gasteiger partial charge in [-0.05, 0) is 43.4 Å². The highest BCUT2D eigenvalue weighted by atomic mass is 19.1. The minimum atomic E-state index is -0.206. The van der Waals surface area contributed by atoms with Crippen LogP contribution in [-0.2, 0) is 10.2 Å². The average molecular weight is 318 g/mol. The number of nitrogens with zero attached hydrogens (tertiary/aromatic N) is 1. The van der Waals surface area contributed by atoms with E-state index in [1.54, 1.807) is 12.1 Å². The summed E-state index contributed by atoms with van der Waals surface area (Å²) >= 11 is 0. The van der Waals surface area contributed by atoms with Crippen LogP contribution in [0.5, 0.6) is 0 Å². The molecule has 1 saturated carbocycles. The summed E-state index contributed by atoms with van der Waals surface area (Å²) in [6, 6.07) is 6.78. The third kappa shape index (κ3) is 2.82. The minimum absolute atomic E-state index is 0.0106. The molecule has 2 heterocycles. The van der Waals surface area contributed by atoms with Gasteiger partial charge >= 0.3 is 6.03 Å². The van der Waals surface area contributed by atoms with Gasteiger partial charge in [-0.1, -0.05) is 12.1 Å². The van der Waals surface area contributed by atoms with Crippen molar-refractivity contribution < 1.29 is 13.9 Å². The van der Waals surface area contributed by atoms with Crippen molar-refractivity contribution in [3.63, 3.8) is 0 Å². The zero-order valence-electron chi connectivity index (χ0n) is 13.3. The predicted molar refractivity (Wildman–Crippen MR) is 84.8 cm³/mol. The third-order valence-electron chi connectivity index (χ3n) is 5.78. The first kappa shape index (κ1) is 14.9. The van der Waals surface area contributed by atoms with E-state index >= 15 is 0 Å². The van der Waals surface area contributed by atoms with Crippen LogP contribution in [0.2, 0.25) is 0 Å². The molecule has 1 N–H and O–H groups in total. The van der Waals surface area contributed by atoms with Gasteiger partial charge in [-0.25, -0.2) is 9.18 Å². The maximum Gasteiger partial charge on any atom is 0.317 e. The topological polar surface area (TPSA) is 41.6 Å². The van der Waals surface area contributed by atoms with Gasteiger partial charge in [0, 0.05) is 37.1 Å². The van der Waals surface area contributed by atoms with Gasteiger partial charge in [-0.2, -0.15) is 0 Å². The molecule has 2 saturated heterocycles. The Morgan fingerprint density at radius 1 is 1.30 bits per heavy atom. The summed E-state index contributed by atoms with van der Waals surface area (Å²) in [5, 5.41) is 3.08. The van der Waals surface area contributed by atoms with Crippen molar-refractivity contribution in [3.05, 3.63) is 35.6 Å². The largest absolute Gasteiger partial charge is 0.381 e. The Hall–Kier alpha value is -1.62. The number of amides is 2. The molecule has 1 aromatic rings. The molecule has 1 spiro atoms. The number of hydrogen-bond acceptors (Lipinski definition) is 2. The summed E-state index contributed by atoms with van der Waals surface area (Å²) in [7, 11) is 0. The molecule has 4 rings (SSSR count). The molecule has 1 atom stereocenters. The molecule has 2 aliphatic heterocycles. The fourth-order valence-corrected chi connectivity index (χ4v) is 3.97. The lowest BCUT2D eigenvalue weighted by atomic mass is 9.87. The standard InChI is InChI=1S/C18H23FN2O2/c19-15-3-1-2-14(10-15)18(4-5-18)11-20-16(22)21-8-6-17(12-21)7-9-23-13-17/h1-3,10H,4-9,11-13H2,(H,20,22)/t17-/m1/s1. The Morgan fingerprint density at radius 2 is 2.17 bits per heavy atom. The molecule has 4 nitrogen and oxygen atoms in total. The van der Waals surface area contributed by atoms with Crippen LogP contribution in [0.1, 0.15) is 31.2 Å². The van der Waals surface area contributed by atoms with Crippen LogP contribution in [-0.4, -0.2) is 43.8 Å². The summed E-state index contributed by atoms with van der Waals surface area (Å²) in [6.07, 6.45) is 4.11. The summed E-state index contributed by atoms with van der Waals surface area (Å²) in [4.78, 5) is 14.4. The fraction of sp³-hybridized carbons (Fsp3) is 0.611. The molecule has 0 radical (unpaired) electrons. The highest BCUT2D eigenvalue weighted by molar-refractivity contribution is 5.74. The quantitative estimate of drug-likeness (QED) is 0.931. The van der Waals surface area contributed by atoms with E-state index < -0.39 is 0 Å². The van der Waals surface area contributed by atoms with E-state index in [1.807, 2.05) is 11.0 Å². The van der Waals surface area contributed by atoms with Crippen molar-refractivity contribution in [2.45, 2.75) is 31.1 Å². The molecule has 1 aliphatic carbocycles. The van der Waals surface area contributed by atoms with E-state index in [0.717, 1.165) is 57.6 Å². The van der Waals surface area contributed by atoms with E-state index in [0.29, 0.717) is 6.54 Å². The molecule has 0 aromatic heterocycles. The lowest BCUT2D eigenvalue weighted by Crippen LogP contribution is -2.43. The van der Waals surface area contributed by atoms with Gasteiger partial charge in [0.25, 0.3) is 0 Å². The zero-order chi connectivity index (χ0) is 15.9. The Bertz CT molecular complexity index is 609. The molecule has 1 aromatic carbocycles. The van der Waals surface area contributed by atoms with Gasteiger partial charge in [0.15, 0.2) is 0 Å². The number of hydrogen-bond donors (Lipinski definition) is 1. The monoisotopic (exact) mass is 318 g/mol. The van der Waals surface area contributed by atoms with Crippen LogP contribution >= 0.6 is 0 Å². The number of benzene rings is 1. The molecular formula is C18H23FN2O2. The first-order valence-electron chi connectivity index (χ1n) is 8.48. The highest BCUT2D eigenvalue weighted by Crippen LogP contribution is 2.47. The number of rotatable bonds is 3. The third-order valence-corrected chi connectivity index (χ3v) is 5.78. The van der Waals surface area contributed by atoms with E-state index in [9.17, 15) is 9.18 Å². The van der Waals surface area contributed by atoms with Crippen molar-refractivity contribution in [3.8, 4) is 0 Å². The Kier molecular flexibility index (Phi) is 3.56. The predicted octanol–water partition coefficient (Wildman–Crippen LogP) is 2.68. The lowest BCUT2D eigenvalue weighted by Gasteiger charge is -2.24. The van der Waals surface area contributed by atoms with Crippen molar-refractivity contribution in [2.24, 2.45) is 5.41 Å². The molecule has 5 heteroatoms. The van der Waals surface area contributed by atoms with E-state index in [1.165, 1.54) is 6.07 Å². The Morgan fingerprint density at radius 3 is 2.87 bits per heavy atom. The molecule has 0 unspecified atom stereocenters. The number of likely N-dealkylation sites (tertiary alicyclic amines) is 1. The Labute approximate surface area is 136 Å². The fourth-order valence-electron chi connectivity index (χ4n) is 3.97. The van der Waals surface area contributed by atoms with Gasteiger partial charge < -0.3 is 15.0 Å². The molecular weight excluding hydrogens is 295 g/mol. The van der Waals surface area contributed by atoms with E-state index in [2.05, 4.69) is 5.32 Å². The summed E-state index contributed by atoms with van der Waals surface area (Å²) in [5.74, 6) is -0.206. The van der Waals surface area contributed by atoms with Crippen molar-refractivity contribution in [1.82, 2.24) is 10.2 Å². The smallest absolute Gasteiger partial charge is 0.317 e. The van der Waals surface area contributed by atoms with E-state index in [4.69, 9.17) is 4.74 Å². The second kappa shape index (κ2) is 5.48. The average Bonchev–Trinajstić information content (AvgIpc) is 3.02. The molecule has 2 amide bonds. The number of urea groups is 1. The second-order valence-corrected chi connectivity index (χ2v) is 7.42. The highest BCUT2D eigenvalue weighted by Gasteiger charge is 2.46. The van der Waals surface area contributed by atoms with Gasteiger partial charge in [0.1, 0.15) is 5.82 Å². The maximum absolute atomic E-state index is 13.4. The first-order valence-corrected chi connectivity index (χ1v) is 8.48. The minimum Gasteiger partial charge on any atom is -0.381 e. The van der Waals surface area contributed by atoms with Gasteiger partial charge in [0.2, 0.25) is 0 Å². The summed E-state index contributed by atoms with van der Waals surface area (Å²) in [5.41, 5.74) is 1.13. The van der Waals surface area contributed by atoms with Crippen LogP contribution in [0.25, 0.3) is 0 Å². The lowest BCUT2D eigenvalue weighted by molar-refractivity contribution is 0.152.